The van der Waals surface area contributed by atoms with E-state index in [4.69, 9.17) is 4.98 Å². The number of hydrogen-bond donors (Lipinski definition) is 0. The molecule has 3 aromatic rings. The number of piperidine rings is 1. The molecule has 0 amide bonds. The standard InChI is InChI=1S/C21H26N4O2S/c1-16-6-8-18(9-7-16)28(26,27)25-13-10-17(11-14-25)19-15-24-12-4-5-20(24)21(22-19)23(2)3/h4-9,12,15,17H,10-11,13-14H2,1-3H3. The van der Waals surface area contributed by atoms with E-state index in [-0.39, 0.29) is 5.92 Å². The summed E-state index contributed by atoms with van der Waals surface area (Å²) in [6, 6.07) is 11.2. The highest BCUT2D eigenvalue weighted by Crippen LogP contribution is 2.31. The summed E-state index contributed by atoms with van der Waals surface area (Å²) in [7, 11) is 0.560. The summed E-state index contributed by atoms with van der Waals surface area (Å²) >= 11 is 0. The zero-order valence-electron chi connectivity index (χ0n) is 16.5. The van der Waals surface area contributed by atoms with Gasteiger partial charge in [-0.25, -0.2) is 13.4 Å². The molecule has 0 bridgehead atoms. The maximum absolute atomic E-state index is 12.9. The summed E-state index contributed by atoms with van der Waals surface area (Å²) in [5.41, 5.74) is 3.16. The highest BCUT2D eigenvalue weighted by Gasteiger charge is 2.30. The first kappa shape index (κ1) is 19.0. The van der Waals surface area contributed by atoms with E-state index in [0.29, 0.717) is 18.0 Å². The van der Waals surface area contributed by atoms with Crippen molar-refractivity contribution in [3.8, 4) is 0 Å². The fourth-order valence-electron chi connectivity index (χ4n) is 3.82. The van der Waals surface area contributed by atoms with Gasteiger partial charge in [-0.2, -0.15) is 4.31 Å². The van der Waals surface area contributed by atoms with Gasteiger partial charge in [-0.05, 0) is 44.0 Å². The van der Waals surface area contributed by atoms with E-state index in [1.165, 1.54) is 0 Å². The van der Waals surface area contributed by atoms with E-state index in [2.05, 4.69) is 16.7 Å². The van der Waals surface area contributed by atoms with Crippen molar-refractivity contribution in [1.82, 2.24) is 13.7 Å². The van der Waals surface area contributed by atoms with Crippen molar-refractivity contribution in [2.24, 2.45) is 0 Å². The number of sulfonamides is 1. The second-order valence-electron chi connectivity index (χ2n) is 7.68. The fourth-order valence-corrected chi connectivity index (χ4v) is 5.29. The predicted octanol–water partition coefficient (Wildman–Crippen LogP) is 3.28. The molecule has 0 aliphatic carbocycles. The second-order valence-corrected chi connectivity index (χ2v) is 9.61. The quantitative estimate of drug-likeness (QED) is 0.677. The molecule has 0 spiro atoms. The molecule has 0 atom stereocenters. The molecule has 0 radical (unpaired) electrons. The average Bonchev–Trinajstić information content (AvgIpc) is 3.16. The molecule has 1 aromatic carbocycles. The molecule has 0 saturated carbocycles. The Morgan fingerprint density at radius 2 is 1.75 bits per heavy atom. The molecule has 7 heteroatoms. The first-order chi connectivity index (χ1) is 13.4. The fraction of sp³-hybridized carbons (Fsp3) is 0.381. The molecular weight excluding hydrogens is 372 g/mol. The van der Waals surface area contributed by atoms with Crippen LogP contribution in [0.25, 0.3) is 5.52 Å². The lowest BCUT2D eigenvalue weighted by Crippen LogP contribution is -2.38. The van der Waals surface area contributed by atoms with Gasteiger partial charge in [0, 0.05) is 45.5 Å². The number of aryl methyl sites for hydroxylation is 1. The summed E-state index contributed by atoms with van der Waals surface area (Å²) in [5, 5.41) is 0. The first-order valence-corrected chi connectivity index (χ1v) is 11.0. The van der Waals surface area contributed by atoms with Crippen LogP contribution in [0.3, 0.4) is 0 Å². The van der Waals surface area contributed by atoms with E-state index >= 15 is 0 Å². The van der Waals surface area contributed by atoms with Gasteiger partial charge in [0.2, 0.25) is 10.0 Å². The Kier molecular flexibility index (Phi) is 4.89. The zero-order valence-corrected chi connectivity index (χ0v) is 17.4. The normalized spacial score (nSPS) is 16.5. The zero-order chi connectivity index (χ0) is 19.9. The number of aromatic nitrogens is 2. The topological polar surface area (TPSA) is 57.9 Å². The average molecular weight is 399 g/mol. The van der Waals surface area contributed by atoms with E-state index in [0.717, 1.165) is 35.4 Å². The van der Waals surface area contributed by atoms with Gasteiger partial charge < -0.3 is 9.30 Å². The van der Waals surface area contributed by atoms with Crippen LogP contribution >= 0.6 is 0 Å². The summed E-state index contributed by atoms with van der Waals surface area (Å²) in [6.45, 7) is 2.99. The third-order valence-corrected chi connectivity index (χ3v) is 7.38. The summed E-state index contributed by atoms with van der Waals surface area (Å²) in [6.07, 6.45) is 5.66. The van der Waals surface area contributed by atoms with E-state index in [1.807, 2.05) is 50.3 Å². The van der Waals surface area contributed by atoms with Gasteiger partial charge in [-0.15, -0.1) is 0 Å². The molecule has 1 saturated heterocycles. The van der Waals surface area contributed by atoms with Gasteiger partial charge in [-0.3, -0.25) is 0 Å². The lowest BCUT2D eigenvalue weighted by molar-refractivity contribution is 0.316. The Morgan fingerprint density at radius 3 is 2.39 bits per heavy atom. The van der Waals surface area contributed by atoms with Gasteiger partial charge >= 0.3 is 0 Å². The molecule has 1 fully saturated rings. The van der Waals surface area contributed by atoms with Crippen LogP contribution in [0.4, 0.5) is 5.82 Å². The van der Waals surface area contributed by atoms with Crippen molar-refractivity contribution in [2.75, 3.05) is 32.1 Å². The van der Waals surface area contributed by atoms with Crippen LogP contribution in [0.5, 0.6) is 0 Å². The van der Waals surface area contributed by atoms with Crippen LogP contribution in [-0.2, 0) is 10.0 Å². The molecule has 6 nitrogen and oxygen atoms in total. The molecule has 0 N–H and O–H groups in total. The monoisotopic (exact) mass is 398 g/mol. The maximum atomic E-state index is 12.9. The minimum atomic E-state index is -3.43. The summed E-state index contributed by atoms with van der Waals surface area (Å²) in [5.74, 6) is 1.20. The smallest absolute Gasteiger partial charge is 0.243 e. The lowest BCUT2D eigenvalue weighted by atomic mass is 9.95. The number of rotatable bonds is 4. The van der Waals surface area contributed by atoms with Crippen molar-refractivity contribution in [3.05, 3.63) is 60.0 Å². The van der Waals surface area contributed by atoms with Crippen LogP contribution in [0.15, 0.2) is 53.7 Å². The van der Waals surface area contributed by atoms with Crippen molar-refractivity contribution in [1.29, 1.82) is 0 Å². The van der Waals surface area contributed by atoms with E-state index in [9.17, 15) is 8.42 Å². The molecule has 4 rings (SSSR count). The minimum Gasteiger partial charge on any atom is -0.361 e. The molecule has 1 aliphatic heterocycles. The molecule has 3 heterocycles. The van der Waals surface area contributed by atoms with Crippen LogP contribution < -0.4 is 4.90 Å². The van der Waals surface area contributed by atoms with E-state index < -0.39 is 10.0 Å². The molecule has 0 unspecified atom stereocenters. The van der Waals surface area contributed by atoms with Gasteiger partial charge in [0.05, 0.1) is 16.1 Å². The van der Waals surface area contributed by atoms with Crippen LogP contribution in [0.1, 0.15) is 30.0 Å². The third-order valence-electron chi connectivity index (χ3n) is 5.47. The molecule has 148 valence electrons. The van der Waals surface area contributed by atoms with E-state index in [1.54, 1.807) is 16.4 Å². The van der Waals surface area contributed by atoms with Gasteiger partial charge in [-0.1, -0.05) is 17.7 Å². The van der Waals surface area contributed by atoms with Crippen LogP contribution in [0, 0.1) is 6.92 Å². The number of hydrogen-bond acceptors (Lipinski definition) is 4. The third kappa shape index (κ3) is 3.40. The Bertz CT molecular complexity index is 1080. The van der Waals surface area contributed by atoms with Gasteiger partial charge in [0.1, 0.15) is 0 Å². The lowest BCUT2D eigenvalue weighted by Gasteiger charge is -2.31. The van der Waals surface area contributed by atoms with Crippen LogP contribution in [0.2, 0.25) is 0 Å². The Balaban J connectivity index is 1.54. The second kappa shape index (κ2) is 7.22. The van der Waals surface area contributed by atoms with Crippen molar-refractivity contribution < 1.29 is 8.42 Å². The van der Waals surface area contributed by atoms with Crippen molar-refractivity contribution >= 4 is 21.4 Å². The molecule has 28 heavy (non-hydrogen) atoms. The Morgan fingerprint density at radius 1 is 1.07 bits per heavy atom. The highest BCUT2D eigenvalue weighted by molar-refractivity contribution is 7.89. The Hall–Kier alpha value is -2.38. The van der Waals surface area contributed by atoms with Crippen LogP contribution in [-0.4, -0.2) is 49.3 Å². The summed E-state index contributed by atoms with van der Waals surface area (Å²) < 4.78 is 29.6. The molecule has 2 aromatic heterocycles. The number of fused-ring (bicyclic) bond motifs is 1. The number of anilines is 1. The SMILES string of the molecule is Cc1ccc(S(=O)(=O)N2CCC(c3cn4cccc4c(N(C)C)n3)CC2)cc1. The molecular formula is C21H26N4O2S. The maximum Gasteiger partial charge on any atom is 0.243 e. The first-order valence-electron chi connectivity index (χ1n) is 9.58. The highest BCUT2D eigenvalue weighted by atomic mass is 32.2. The largest absolute Gasteiger partial charge is 0.361 e. The van der Waals surface area contributed by atoms with Gasteiger partial charge in [0.25, 0.3) is 0 Å². The predicted molar refractivity (Wildman–Crippen MR) is 111 cm³/mol. The molecule has 1 aliphatic rings. The van der Waals surface area contributed by atoms with Crippen molar-refractivity contribution in [3.63, 3.8) is 0 Å². The van der Waals surface area contributed by atoms with Gasteiger partial charge in [0.15, 0.2) is 5.82 Å². The number of benzene rings is 1. The van der Waals surface area contributed by atoms with Crippen molar-refractivity contribution in [2.45, 2.75) is 30.6 Å². The Labute approximate surface area is 166 Å². The number of nitrogens with zero attached hydrogens (tertiary/aromatic N) is 4. The summed E-state index contributed by atoms with van der Waals surface area (Å²) in [4.78, 5) is 7.29. The minimum absolute atomic E-state index is 0.259.